The first-order chi connectivity index (χ1) is 10.3. The number of methoxy groups -OCH3 is 1. The maximum atomic E-state index is 5.04. The molecule has 0 unspecified atom stereocenters. The van der Waals surface area contributed by atoms with Crippen LogP contribution in [0, 0.1) is 12.8 Å². The van der Waals surface area contributed by atoms with Gasteiger partial charge in [0.2, 0.25) is 0 Å². The molecule has 0 radical (unpaired) electrons. The van der Waals surface area contributed by atoms with Crippen LogP contribution in [-0.2, 0) is 0 Å². The van der Waals surface area contributed by atoms with Crippen LogP contribution in [0.1, 0.15) is 45.6 Å². The van der Waals surface area contributed by atoms with Crippen molar-refractivity contribution in [1.82, 2.24) is 5.32 Å². The summed E-state index contributed by atoms with van der Waals surface area (Å²) in [5, 5.41) is 3.35. The average Bonchev–Trinajstić information content (AvgIpc) is 2.60. The van der Waals surface area contributed by atoms with Crippen LogP contribution in [0.3, 0.4) is 0 Å². The van der Waals surface area contributed by atoms with Gasteiger partial charge in [-0.15, -0.1) is 13.2 Å². The van der Waals surface area contributed by atoms with Crippen LogP contribution in [0.15, 0.2) is 37.4 Å². The number of hydrogen-bond acceptors (Lipinski definition) is 2. The van der Waals surface area contributed by atoms with Crippen molar-refractivity contribution in [2.75, 3.05) is 20.2 Å². The van der Waals surface area contributed by atoms with Crippen LogP contribution in [-0.4, -0.2) is 20.2 Å². The van der Waals surface area contributed by atoms with Crippen molar-refractivity contribution in [3.05, 3.63) is 43.0 Å². The summed E-state index contributed by atoms with van der Waals surface area (Å²) in [4.78, 5) is 0. The summed E-state index contributed by atoms with van der Waals surface area (Å²) in [6, 6.07) is 7.94. The van der Waals surface area contributed by atoms with Crippen molar-refractivity contribution in [3.8, 4) is 5.75 Å². The molecule has 0 aromatic heterocycles. The predicted octanol–water partition coefficient (Wildman–Crippen LogP) is 5.23. The minimum Gasteiger partial charge on any atom is -0.496 e. The molecule has 1 fully saturated rings. The Morgan fingerprint density at radius 1 is 1.14 bits per heavy atom. The highest BCUT2D eigenvalue weighted by Crippen LogP contribution is 2.14. The smallest absolute Gasteiger partial charge is 0.121 e. The Balaban J connectivity index is 0. The van der Waals surface area contributed by atoms with E-state index in [9.17, 15) is 0 Å². The first-order valence-corrected chi connectivity index (χ1v) is 8.08. The third-order valence-electron chi connectivity index (χ3n) is 3.35. The van der Waals surface area contributed by atoms with Gasteiger partial charge in [-0.2, -0.15) is 0 Å². The normalized spacial score (nSPS) is 13.4. The number of ether oxygens (including phenoxy) is 1. The zero-order chi connectivity index (χ0) is 16.5. The number of para-hydroxylation sites is 1. The first kappa shape index (κ1) is 22.0. The van der Waals surface area contributed by atoms with Gasteiger partial charge in [-0.1, -0.05) is 45.4 Å². The van der Waals surface area contributed by atoms with E-state index in [-0.39, 0.29) is 0 Å². The second-order valence-corrected chi connectivity index (χ2v) is 4.57. The molecule has 0 atom stereocenters. The summed E-state index contributed by atoms with van der Waals surface area (Å²) in [5.74, 6) is 1.98. The van der Waals surface area contributed by atoms with E-state index in [1.807, 2.05) is 45.0 Å². The average molecular weight is 293 g/mol. The molecule has 2 heteroatoms. The maximum Gasteiger partial charge on any atom is 0.121 e. The predicted molar refractivity (Wildman–Crippen MR) is 96.2 cm³/mol. The number of aryl methyl sites for hydroxylation is 1. The standard InChI is InChI=1S/C8H10O.C7H15N.C2H6.C2H4/c1-7-5-3-4-6-8(7)9-2;1-2-7-3-5-8-6-4-7;2*1-2/h3-6H,1-2H3;7-8H,2-6H2,1H3;1-2H3;1-2H2. The minimum absolute atomic E-state index is 0.956. The Hall–Kier alpha value is -1.28. The van der Waals surface area contributed by atoms with E-state index in [0.29, 0.717) is 0 Å². The van der Waals surface area contributed by atoms with Gasteiger partial charge in [0, 0.05) is 0 Å². The van der Waals surface area contributed by atoms with Gasteiger partial charge in [0.05, 0.1) is 7.11 Å². The third kappa shape index (κ3) is 11.1. The number of piperidine rings is 1. The van der Waals surface area contributed by atoms with Gasteiger partial charge >= 0.3 is 0 Å². The van der Waals surface area contributed by atoms with Gasteiger partial charge in [-0.3, -0.25) is 0 Å². The molecule has 122 valence electrons. The van der Waals surface area contributed by atoms with Crippen LogP contribution in [0.2, 0.25) is 0 Å². The molecule has 0 bridgehead atoms. The molecular formula is C19H35NO. The molecule has 0 aliphatic carbocycles. The van der Waals surface area contributed by atoms with Crippen molar-refractivity contribution in [1.29, 1.82) is 0 Å². The molecule has 1 heterocycles. The fraction of sp³-hybridized carbons (Fsp3) is 0.579. The fourth-order valence-electron chi connectivity index (χ4n) is 2.08. The topological polar surface area (TPSA) is 21.3 Å². The van der Waals surface area contributed by atoms with Crippen LogP contribution in [0.5, 0.6) is 5.75 Å². The summed E-state index contributed by atoms with van der Waals surface area (Å²) in [5.41, 5.74) is 1.18. The zero-order valence-electron chi connectivity index (χ0n) is 14.7. The molecule has 1 aromatic rings. The lowest BCUT2D eigenvalue weighted by molar-refractivity contribution is 0.365. The van der Waals surface area contributed by atoms with Gasteiger partial charge in [-0.05, 0) is 50.4 Å². The van der Waals surface area contributed by atoms with Crippen LogP contribution < -0.4 is 10.1 Å². The lowest BCUT2D eigenvalue weighted by Gasteiger charge is -2.20. The molecular weight excluding hydrogens is 258 g/mol. The second-order valence-electron chi connectivity index (χ2n) is 4.57. The van der Waals surface area contributed by atoms with E-state index in [0.717, 1.165) is 11.7 Å². The fourth-order valence-corrected chi connectivity index (χ4v) is 2.08. The number of benzene rings is 1. The van der Waals surface area contributed by atoms with Crippen LogP contribution in [0.25, 0.3) is 0 Å². The van der Waals surface area contributed by atoms with Crippen molar-refractivity contribution in [2.24, 2.45) is 5.92 Å². The molecule has 2 nitrogen and oxygen atoms in total. The largest absolute Gasteiger partial charge is 0.496 e. The van der Waals surface area contributed by atoms with Gasteiger partial charge in [0.15, 0.2) is 0 Å². The van der Waals surface area contributed by atoms with Gasteiger partial charge < -0.3 is 10.1 Å². The Morgan fingerprint density at radius 3 is 2.00 bits per heavy atom. The maximum absolute atomic E-state index is 5.04. The van der Waals surface area contributed by atoms with Crippen molar-refractivity contribution >= 4 is 0 Å². The van der Waals surface area contributed by atoms with Gasteiger partial charge in [-0.25, -0.2) is 0 Å². The molecule has 1 aliphatic heterocycles. The minimum atomic E-state index is 0.956. The number of hydrogen-bond donors (Lipinski definition) is 1. The van der Waals surface area contributed by atoms with E-state index in [1.54, 1.807) is 7.11 Å². The van der Waals surface area contributed by atoms with Gasteiger partial charge in [0.1, 0.15) is 5.75 Å². The third-order valence-corrected chi connectivity index (χ3v) is 3.35. The lowest BCUT2D eigenvalue weighted by atomic mass is 9.96. The van der Waals surface area contributed by atoms with Crippen molar-refractivity contribution < 1.29 is 4.74 Å². The molecule has 1 saturated heterocycles. The molecule has 2 rings (SSSR count). The highest BCUT2D eigenvalue weighted by molar-refractivity contribution is 5.31. The molecule has 1 N–H and O–H groups in total. The van der Waals surface area contributed by atoms with Crippen LogP contribution in [0.4, 0.5) is 0 Å². The summed E-state index contributed by atoms with van der Waals surface area (Å²) >= 11 is 0. The van der Waals surface area contributed by atoms with Crippen LogP contribution >= 0.6 is 0 Å². The van der Waals surface area contributed by atoms with E-state index >= 15 is 0 Å². The summed E-state index contributed by atoms with van der Waals surface area (Å²) < 4.78 is 5.04. The molecule has 0 amide bonds. The molecule has 0 saturated carbocycles. The summed E-state index contributed by atoms with van der Waals surface area (Å²) in [6.07, 6.45) is 4.18. The quantitative estimate of drug-likeness (QED) is 0.754. The number of rotatable bonds is 2. The highest BCUT2D eigenvalue weighted by Gasteiger charge is 2.08. The van der Waals surface area contributed by atoms with E-state index < -0.39 is 0 Å². The summed E-state index contributed by atoms with van der Waals surface area (Å²) in [7, 11) is 1.68. The Morgan fingerprint density at radius 2 is 1.67 bits per heavy atom. The summed E-state index contributed by atoms with van der Waals surface area (Å²) in [6.45, 7) is 16.8. The zero-order valence-corrected chi connectivity index (χ0v) is 14.7. The lowest BCUT2D eigenvalue weighted by Crippen LogP contribution is -2.27. The van der Waals surface area contributed by atoms with Gasteiger partial charge in [0.25, 0.3) is 0 Å². The number of nitrogens with one attached hydrogen (secondary N) is 1. The Kier molecular flexibility index (Phi) is 17.6. The molecule has 1 aromatic carbocycles. The van der Waals surface area contributed by atoms with E-state index in [1.165, 1.54) is 37.9 Å². The monoisotopic (exact) mass is 293 g/mol. The SMILES string of the molecule is C=C.CC.CCC1CCNCC1.COc1ccccc1C. The Labute approximate surface area is 132 Å². The molecule has 0 spiro atoms. The van der Waals surface area contributed by atoms with Crippen molar-refractivity contribution in [2.45, 2.75) is 47.0 Å². The van der Waals surface area contributed by atoms with E-state index in [4.69, 9.17) is 4.74 Å². The van der Waals surface area contributed by atoms with Crippen molar-refractivity contribution in [3.63, 3.8) is 0 Å². The van der Waals surface area contributed by atoms with E-state index in [2.05, 4.69) is 25.4 Å². The molecule has 21 heavy (non-hydrogen) atoms. The highest BCUT2D eigenvalue weighted by atomic mass is 16.5. The molecule has 1 aliphatic rings. The first-order valence-electron chi connectivity index (χ1n) is 8.08. The second kappa shape index (κ2) is 16.8. The Bertz CT molecular complexity index is 319.